The first-order chi connectivity index (χ1) is 4.30. The third-order valence-electron chi connectivity index (χ3n) is 0.712. The van der Waals surface area contributed by atoms with Crippen molar-refractivity contribution in [3.63, 3.8) is 0 Å². The molecule has 1 aromatic heterocycles. The van der Waals surface area contributed by atoms with Crippen molar-refractivity contribution in [2.24, 2.45) is 0 Å². The first kappa shape index (κ1) is 10.1. The van der Waals surface area contributed by atoms with Gasteiger partial charge in [0.1, 0.15) is 5.69 Å². The van der Waals surface area contributed by atoms with Crippen LogP contribution >= 0.6 is 0 Å². The smallest absolute Gasteiger partial charge is 0.543 e. The maximum absolute atomic E-state index is 9.96. The summed E-state index contributed by atoms with van der Waals surface area (Å²) < 4.78 is 0. The SMILES string of the molecule is O=C([O-])c1ccnnn1.[K+]. The molecule has 6 heteroatoms. The van der Waals surface area contributed by atoms with Gasteiger partial charge in [-0.15, -0.1) is 10.2 Å². The molecule has 0 saturated carbocycles. The predicted molar refractivity (Wildman–Crippen MR) is 24.2 cm³/mol. The van der Waals surface area contributed by atoms with Crippen molar-refractivity contribution in [1.29, 1.82) is 0 Å². The molecule has 0 spiro atoms. The largest absolute Gasteiger partial charge is 1.00 e. The molecule has 1 rings (SSSR count). The molecule has 1 aromatic rings. The Kier molecular flexibility index (Phi) is 4.92. The molecule has 0 bridgehead atoms. The average Bonchev–Trinajstić information content (AvgIpc) is 1.90. The molecule has 0 aromatic carbocycles. The van der Waals surface area contributed by atoms with Gasteiger partial charge in [0.25, 0.3) is 0 Å². The van der Waals surface area contributed by atoms with Crippen molar-refractivity contribution in [3.8, 4) is 0 Å². The van der Waals surface area contributed by atoms with Crippen molar-refractivity contribution < 1.29 is 61.3 Å². The third-order valence-corrected chi connectivity index (χ3v) is 0.712. The normalized spacial score (nSPS) is 8.00. The van der Waals surface area contributed by atoms with Crippen LogP contribution in [-0.4, -0.2) is 21.4 Å². The number of hydrogen-bond donors (Lipinski definition) is 0. The van der Waals surface area contributed by atoms with Crippen LogP contribution in [0.4, 0.5) is 0 Å². The van der Waals surface area contributed by atoms with E-state index < -0.39 is 5.97 Å². The van der Waals surface area contributed by atoms with Gasteiger partial charge in [0.05, 0.1) is 12.2 Å². The Morgan fingerprint density at radius 2 is 2.30 bits per heavy atom. The molecule has 1 heterocycles. The van der Waals surface area contributed by atoms with E-state index in [1.807, 2.05) is 0 Å². The van der Waals surface area contributed by atoms with Crippen LogP contribution in [0.15, 0.2) is 12.3 Å². The zero-order valence-corrected chi connectivity index (χ0v) is 8.44. The van der Waals surface area contributed by atoms with Crippen LogP contribution in [0.25, 0.3) is 0 Å². The summed E-state index contributed by atoms with van der Waals surface area (Å²) in [6.45, 7) is 0. The van der Waals surface area contributed by atoms with E-state index >= 15 is 0 Å². The summed E-state index contributed by atoms with van der Waals surface area (Å²) in [5, 5.41) is 19.5. The van der Waals surface area contributed by atoms with Gasteiger partial charge in [0.2, 0.25) is 0 Å². The van der Waals surface area contributed by atoms with Crippen LogP contribution in [0.5, 0.6) is 0 Å². The molecular formula is C4H2KN3O2. The Bertz CT molecular complexity index is 215. The Labute approximate surface area is 99.3 Å². The zero-order chi connectivity index (χ0) is 6.69. The maximum atomic E-state index is 9.96. The standard InChI is InChI=1S/C4H3N3O2.K/c8-4(9)3-1-2-5-7-6-3;/h1-2H,(H,8,9);/q;+1/p-1. The van der Waals surface area contributed by atoms with Crippen LogP contribution < -0.4 is 56.5 Å². The van der Waals surface area contributed by atoms with E-state index in [9.17, 15) is 9.90 Å². The number of carbonyl (C=O) groups excluding carboxylic acids is 1. The van der Waals surface area contributed by atoms with E-state index in [0.717, 1.165) is 0 Å². The predicted octanol–water partition coefficient (Wildman–Crippen LogP) is -4.76. The molecule has 10 heavy (non-hydrogen) atoms. The van der Waals surface area contributed by atoms with Crippen molar-refractivity contribution >= 4 is 5.97 Å². The molecule has 0 aliphatic carbocycles. The summed E-state index contributed by atoms with van der Waals surface area (Å²) in [4.78, 5) is 9.96. The zero-order valence-electron chi connectivity index (χ0n) is 5.31. The molecule has 0 aliphatic rings. The van der Waals surface area contributed by atoms with Crippen LogP contribution in [0.3, 0.4) is 0 Å². The Morgan fingerprint density at radius 3 is 2.60 bits per heavy atom. The summed E-state index contributed by atoms with van der Waals surface area (Å²) in [6, 6.07) is 1.21. The van der Waals surface area contributed by atoms with E-state index in [1.54, 1.807) is 0 Å². The number of aromatic nitrogens is 3. The number of carboxylic acid groups (broad SMARTS) is 1. The summed E-state index contributed by atoms with van der Waals surface area (Å²) >= 11 is 0. The van der Waals surface area contributed by atoms with Crippen molar-refractivity contribution in [3.05, 3.63) is 18.0 Å². The van der Waals surface area contributed by atoms with E-state index in [0.29, 0.717) is 0 Å². The molecule has 0 fully saturated rings. The number of hydrogen-bond acceptors (Lipinski definition) is 5. The van der Waals surface area contributed by atoms with Gasteiger partial charge in [0.15, 0.2) is 0 Å². The van der Waals surface area contributed by atoms with E-state index in [4.69, 9.17) is 0 Å². The van der Waals surface area contributed by atoms with Gasteiger partial charge in [-0.05, 0) is 11.3 Å². The minimum Gasteiger partial charge on any atom is -0.543 e. The second-order valence-electron chi connectivity index (χ2n) is 1.29. The number of rotatable bonds is 1. The maximum Gasteiger partial charge on any atom is 1.00 e. The molecule has 0 unspecified atom stereocenters. The Hall–Kier alpha value is 0.116. The summed E-state index contributed by atoms with van der Waals surface area (Å²) in [5.41, 5.74) is -0.204. The molecule has 0 aliphatic heterocycles. The van der Waals surface area contributed by atoms with E-state index in [2.05, 4.69) is 15.4 Å². The third kappa shape index (κ3) is 2.80. The second kappa shape index (κ2) is 4.86. The molecule has 46 valence electrons. The number of aromatic carboxylic acids is 1. The van der Waals surface area contributed by atoms with Gasteiger partial charge < -0.3 is 9.90 Å². The quantitative estimate of drug-likeness (QED) is 0.388. The number of nitrogens with zero attached hydrogens (tertiary/aromatic N) is 3. The monoisotopic (exact) mass is 163 g/mol. The fraction of sp³-hybridized carbons (Fsp3) is 0. The Morgan fingerprint density at radius 1 is 1.60 bits per heavy atom. The molecular weight excluding hydrogens is 161 g/mol. The van der Waals surface area contributed by atoms with Crippen molar-refractivity contribution in [1.82, 2.24) is 15.4 Å². The number of carboxylic acids is 1. The topological polar surface area (TPSA) is 78.8 Å². The first-order valence-corrected chi connectivity index (χ1v) is 2.16. The van der Waals surface area contributed by atoms with Gasteiger partial charge in [-0.25, -0.2) is 0 Å². The fourth-order valence-corrected chi connectivity index (χ4v) is 0.350. The van der Waals surface area contributed by atoms with Gasteiger partial charge in [-0.3, -0.25) is 0 Å². The van der Waals surface area contributed by atoms with E-state index in [1.165, 1.54) is 12.3 Å². The summed E-state index contributed by atoms with van der Waals surface area (Å²) in [6.07, 6.45) is 1.23. The van der Waals surface area contributed by atoms with Crippen LogP contribution in [0, 0.1) is 0 Å². The van der Waals surface area contributed by atoms with Crippen LogP contribution in [0.2, 0.25) is 0 Å². The molecule has 0 amide bonds. The average molecular weight is 163 g/mol. The first-order valence-electron chi connectivity index (χ1n) is 2.16. The molecule has 0 saturated heterocycles. The van der Waals surface area contributed by atoms with Crippen LogP contribution in [-0.2, 0) is 0 Å². The van der Waals surface area contributed by atoms with Gasteiger partial charge >= 0.3 is 51.4 Å². The van der Waals surface area contributed by atoms with Crippen molar-refractivity contribution in [2.75, 3.05) is 0 Å². The minimum atomic E-state index is -1.34. The number of carbonyl (C=O) groups is 1. The fourth-order valence-electron chi connectivity index (χ4n) is 0.350. The Balaban J connectivity index is 0.000000810. The van der Waals surface area contributed by atoms with Gasteiger partial charge in [0, 0.05) is 0 Å². The second-order valence-corrected chi connectivity index (χ2v) is 1.29. The van der Waals surface area contributed by atoms with Gasteiger partial charge in [-0.1, -0.05) is 0 Å². The summed E-state index contributed by atoms with van der Waals surface area (Å²) in [7, 11) is 0. The van der Waals surface area contributed by atoms with Crippen LogP contribution in [0.1, 0.15) is 10.5 Å². The molecule has 0 radical (unpaired) electrons. The molecule has 5 nitrogen and oxygen atoms in total. The molecule has 0 atom stereocenters. The van der Waals surface area contributed by atoms with Crippen molar-refractivity contribution in [2.45, 2.75) is 0 Å². The summed E-state index contributed by atoms with van der Waals surface area (Å²) in [5.74, 6) is -1.34. The van der Waals surface area contributed by atoms with E-state index in [-0.39, 0.29) is 57.1 Å². The van der Waals surface area contributed by atoms with Gasteiger partial charge in [-0.2, -0.15) is 0 Å². The minimum absolute atomic E-state index is 0. The molecule has 0 N–H and O–H groups in total.